The van der Waals surface area contributed by atoms with Gasteiger partial charge in [-0.15, -0.1) is 0 Å². The van der Waals surface area contributed by atoms with Crippen LogP contribution in [0, 0.1) is 10.5 Å². The number of ether oxygens (including phenoxy) is 5. The number of hydrogen-bond acceptors (Lipinski definition) is 9. The molecular formula is C19H22INO8. The van der Waals surface area contributed by atoms with E-state index in [0.29, 0.717) is 32.1 Å². The van der Waals surface area contributed by atoms with Gasteiger partial charge in [0.2, 0.25) is 0 Å². The lowest BCUT2D eigenvalue weighted by molar-refractivity contribution is -0.167. The first-order valence-corrected chi connectivity index (χ1v) is 9.96. The SMILES string of the molecule is [CH]C(=O)OCC(COC(=O)COc1ccc(I)cc1)OC(=O)CN1CCOCC1. The van der Waals surface area contributed by atoms with Crippen LogP contribution in [-0.4, -0.2) is 81.6 Å². The van der Waals surface area contributed by atoms with Crippen LogP contribution in [0.25, 0.3) is 0 Å². The van der Waals surface area contributed by atoms with Gasteiger partial charge in [0.05, 0.1) is 26.7 Å². The largest absolute Gasteiger partial charge is 0.482 e. The Bertz CT molecular complexity index is 675. The third-order valence-electron chi connectivity index (χ3n) is 3.77. The van der Waals surface area contributed by atoms with E-state index in [-0.39, 0.29) is 26.4 Å². The molecule has 1 saturated heterocycles. The summed E-state index contributed by atoms with van der Waals surface area (Å²) in [4.78, 5) is 36.7. The summed E-state index contributed by atoms with van der Waals surface area (Å²) in [5, 5.41) is 0. The van der Waals surface area contributed by atoms with Crippen LogP contribution in [0.3, 0.4) is 0 Å². The first-order chi connectivity index (χ1) is 13.9. The number of rotatable bonds is 10. The van der Waals surface area contributed by atoms with Crippen LogP contribution >= 0.6 is 22.6 Å². The Hall–Kier alpha value is -1.92. The van der Waals surface area contributed by atoms with Gasteiger partial charge in [0.25, 0.3) is 0 Å². The van der Waals surface area contributed by atoms with E-state index in [4.69, 9.17) is 25.9 Å². The highest BCUT2D eigenvalue weighted by Crippen LogP contribution is 2.13. The molecular weight excluding hydrogens is 497 g/mol. The Kier molecular flexibility index (Phi) is 10.2. The molecule has 2 rings (SSSR count). The number of carbonyl (C=O) groups is 3. The Morgan fingerprint density at radius 2 is 1.72 bits per heavy atom. The van der Waals surface area contributed by atoms with Crippen LogP contribution in [-0.2, 0) is 33.3 Å². The molecule has 1 aliphatic heterocycles. The zero-order valence-electron chi connectivity index (χ0n) is 15.7. The van der Waals surface area contributed by atoms with E-state index < -0.39 is 24.0 Å². The maximum atomic E-state index is 12.1. The third-order valence-corrected chi connectivity index (χ3v) is 4.49. The van der Waals surface area contributed by atoms with Gasteiger partial charge < -0.3 is 23.7 Å². The van der Waals surface area contributed by atoms with E-state index in [0.717, 1.165) is 3.57 Å². The molecule has 1 aromatic carbocycles. The zero-order chi connectivity index (χ0) is 21.1. The standard InChI is InChI=1S/C19H22INO8/c1-14(22)26-11-17(29-18(23)10-21-6-8-25-9-7-21)12-28-19(24)13-27-16-4-2-15(20)3-5-16/h1-5,17H,6-13H2. The molecule has 1 atom stereocenters. The molecule has 0 spiro atoms. The molecule has 1 fully saturated rings. The number of esters is 3. The summed E-state index contributed by atoms with van der Waals surface area (Å²) in [6, 6.07) is 7.14. The lowest BCUT2D eigenvalue weighted by atomic mass is 10.3. The van der Waals surface area contributed by atoms with Crippen LogP contribution in [0.2, 0.25) is 0 Å². The van der Waals surface area contributed by atoms with Crippen LogP contribution < -0.4 is 4.74 Å². The van der Waals surface area contributed by atoms with Gasteiger partial charge >= 0.3 is 17.9 Å². The predicted octanol–water partition coefficient (Wildman–Crippen LogP) is 0.711. The van der Waals surface area contributed by atoms with Crippen molar-refractivity contribution in [3.05, 3.63) is 34.8 Å². The van der Waals surface area contributed by atoms with Gasteiger partial charge in [0.1, 0.15) is 19.0 Å². The van der Waals surface area contributed by atoms with Crippen molar-refractivity contribution >= 4 is 40.5 Å². The molecule has 9 nitrogen and oxygen atoms in total. The Balaban J connectivity index is 1.76. The first-order valence-electron chi connectivity index (χ1n) is 8.88. The van der Waals surface area contributed by atoms with Crippen LogP contribution in [0.4, 0.5) is 0 Å². The average Bonchev–Trinajstić information content (AvgIpc) is 2.70. The molecule has 0 aromatic heterocycles. The fourth-order valence-electron chi connectivity index (χ4n) is 2.36. The van der Waals surface area contributed by atoms with Gasteiger partial charge in [-0.1, -0.05) is 0 Å². The first kappa shape index (κ1) is 23.4. The van der Waals surface area contributed by atoms with Crippen molar-refractivity contribution in [2.45, 2.75) is 6.10 Å². The van der Waals surface area contributed by atoms with Gasteiger partial charge in [-0.2, -0.15) is 0 Å². The van der Waals surface area contributed by atoms with E-state index in [1.807, 2.05) is 17.0 Å². The van der Waals surface area contributed by atoms with Crippen molar-refractivity contribution in [1.29, 1.82) is 0 Å². The topological polar surface area (TPSA) is 101 Å². The molecule has 10 heteroatoms. The Morgan fingerprint density at radius 3 is 2.38 bits per heavy atom. The summed E-state index contributed by atoms with van der Waals surface area (Å²) >= 11 is 2.16. The summed E-state index contributed by atoms with van der Waals surface area (Å²) in [6.07, 6.45) is -0.974. The summed E-state index contributed by atoms with van der Waals surface area (Å²) < 4.78 is 26.6. The minimum absolute atomic E-state index is 0.0558. The van der Waals surface area contributed by atoms with Crippen LogP contribution in [0.1, 0.15) is 0 Å². The summed E-state index contributed by atoms with van der Waals surface area (Å²) in [5.41, 5.74) is 0. The monoisotopic (exact) mass is 519 g/mol. The lowest BCUT2D eigenvalue weighted by Crippen LogP contribution is -2.41. The molecule has 1 heterocycles. The highest BCUT2D eigenvalue weighted by atomic mass is 127. The van der Waals surface area contributed by atoms with Crippen molar-refractivity contribution in [2.24, 2.45) is 0 Å². The molecule has 0 aliphatic carbocycles. The highest BCUT2D eigenvalue weighted by Gasteiger charge is 2.21. The van der Waals surface area contributed by atoms with E-state index in [1.54, 1.807) is 12.1 Å². The molecule has 1 aliphatic rings. The van der Waals surface area contributed by atoms with Gasteiger partial charge in [0, 0.05) is 16.7 Å². The summed E-state index contributed by atoms with van der Waals surface area (Å²) in [7, 11) is 0. The molecule has 0 bridgehead atoms. The second kappa shape index (κ2) is 12.6. The van der Waals surface area contributed by atoms with Gasteiger partial charge in [0.15, 0.2) is 12.7 Å². The van der Waals surface area contributed by atoms with E-state index in [2.05, 4.69) is 27.3 Å². The van der Waals surface area contributed by atoms with Crippen molar-refractivity contribution in [2.75, 3.05) is 52.7 Å². The molecule has 1 aromatic rings. The minimum atomic E-state index is -1.02. The molecule has 158 valence electrons. The quantitative estimate of drug-likeness (QED) is 0.252. The number of halogens is 1. The molecule has 0 amide bonds. The average molecular weight is 519 g/mol. The maximum absolute atomic E-state index is 12.1. The van der Waals surface area contributed by atoms with Gasteiger partial charge in [-0.05, 0) is 46.9 Å². The minimum Gasteiger partial charge on any atom is -0.482 e. The Morgan fingerprint density at radius 1 is 1.07 bits per heavy atom. The van der Waals surface area contributed by atoms with E-state index in [1.165, 1.54) is 0 Å². The molecule has 0 N–H and O–H groups in total. The Labute approximate surface area is 182 Å². The number of hydrogen-bond donors (Lipinski definition) is 0. The number of carbonyl (C=O) groups excluding carboxylic acids is 3. The predicted molar refractivity (Wildman–Crippen MR) is 108 cm³/mol. The van der Waals surface area contributed by atoms with Gasteiger partial charge in [-0.25, -0.2) is 4.79 Å². The molecule has 1 unspecified atom stereocenters. The van der Waals surface area contributed by atoms with Gasteiger partial charge in [-0.3, -0.25) is 14.5 Å². The van der Waals surface area contributed by atoms with Crippen molar-refractivity contribution < 1.29 is 38.1 Å². The normalized spacial score (nSPS) is 15.2. The number of benzene rings is 1. The fraction of sp³-hybridized carbons (Fsp3) is 0.474. The maximum Gasteiger partial charge on any atom is 0.344 e. The summed E-state index contributed by atoms with van der Waals surface area (Å²) in [6.45, 7) is 6.38. The molecule has 2 radical (unpaired) electrons. The van der Waals surface area contributed by atoms with Crippen LogP contribution in [0.5, 0.6) is 5.75 Å². The van der Waals surface area contributed by atoms with E-state index >= 15 is 0 Å². The number of nitrogens with zero attached hydrogens (tertiary/aromatic N) is 1. The third kappa shape index (κ3) is 9.90. The van der Waals surface area contributed by atoms with Crippen molar-refractivity contribution in [3.8, 4) is 5.75 Å². The van der Waals surface area contributed by atoms with Crippen LogP contribution in [0.15, 0.2) is 24.3 Å². The second-order valence-corrected chi connectivity index (χ2v) is 7.30. The second-order valence-electron chi connectivity index (χ2n) is 6.06. The smallest absolute Gasteiger partial charge is 0.344 e. The van der Waals surface area contributed by atoms with Crippen molar-refractivity contribution in [1.82, 2.24) is 4.90 Å². The lowest BCUT2D eigenvalue weighted by Gasteiger charge is -2.26. The van der Waals surface area contributed by atoms with E-state index in [9.17, 15) is 14.4 Å². The summed E-state index contributed by atoms with van der Waals surface area (Å²) in [5.74, 6) is -1.69. The highest BCUT2D eigenvalue weighted by molar-refractivity contribution is 14.1. The number of morpholine rings is 1. The van der Waals surface area contributed by atoms with Crippen molar-refractivity contribution in [3.63, 3.8) is 0 Å². The fourth-order valence-corrected chi connectivity index (χ4v) is 2.72. The zero-order valence-corrected chi connectivity index (χ0v) is 17.9. The molecule has 29 heavy (non-hydrogen) atoms. The molecule has 0 saturated carbocycles.